The fourth-order valence-corrected chi connectivity index (χ4v) is 3.40. The summed E-state index contributed by atoms with van der Waals surface area (Å²) >= 11 is 0. The van der Waals surface area contributed by atoms with Crippen molar-refractivity contribution in [1.82, 2.24) is 20.8 Å². The summed E-state index contributed by atoms with van der Waals surface area (Å²) in [7, 11) is 0. The van der Waals surface area contributed by atoms with Gasteiger partial charge in [0, 0.05) is 18.9 Å². The van der Waals surface area contributed by atoms with Crippen LogP contribution in [-0.2, 0) is 32.1 Å². The maximum absolute atomic E-state index is 13.3. The number of nitrogens with one attached hydrogen (secondary N) is 3. The van der Waals surface area contributed by atoms with E-state index in [9.17, 15) is 39.4 Å². The SMILES string of the molecule is CC(=O)N[C@@H](CC(=O)O)C(=O)N(NC(=O)N(O)Cc1ccc(C(=N)N)cc1)[C@@H](Cc1ccccc1)C(=O)O. The van der Waals surface area contributed by atoms with Crippen molar-refractivity contribution in [3.63, 3.8) is 0 Å². The molecule has 0 aliphatic rings. The molecule has 14 heteroatoms. The van der Waals surface area contributed by atoms with Crippen LogP contribution in [0.25, 0.3) is 0 Å². The summed E-state index contributed by atoms with van der Waals surface area (Å²) in [6.07, 6.45) is -1.19. The van der Waals surface area contributed by atoms with Crippen molar-refractivity contribution in [2.75, 3.05) is 0 Å². The van der Waals surface area contributed by atoms with Gasteiger partial charge in [0.1, 0.15) is 11.9 Å². The molecule has 8 N–H and O–H groups in total. The van der Waals surface area contributed by atoms with Crippen LogP contribution in [0.4, 0.5) is 4.79 Å². The topological polar surface area (TPSA) is 226 Å². The van der Waals surface area contributed by atoms with E-state index in [4.69, 9.17) is 11.1 Å². The van der Waals surface area contributed by atoms with Crippen LogP contribution >= 0.6 is 0 Å². The number of hydrogen-bond acceptors (Lipinski definition) is 7. The number of amides is 4. The van der Waals surface area contributed by atoms with Gasteiger partial charge in [0.05, 0.1) is 13.0 Å². The second-order valence-electron chi connectivity index (χ2n) is 8.19. The largest absolute Gasteiger partial charge is 0.481 e. The molecule has 0 heterocycles. The van der Waals surface area contributed by atoms with Crippen LogP contribution < -0.4 is 16.5 Å². The first-order valence-electron chi connectivity index (χ1n) is 11.2. The molecule has 0 fully saturated rings. The Bertz CT molecular complexity index is 1170. The van der Waals surface area contributed by atoms with Gasteiger partial charge in [-0.25, -0.2) is 25.1 Å². The van der Waals surface area contributed by atoms with Crippen molar-refractivity contribution in [3.05, 3.63) is 71.3 Å². The smallest absolute Gasteiger partial charge is 0.360 e. The number of urea groups is 1. The molecule has 0 saturated heterocycles. The number of rotatable bonds is 11. The Balaban J connectivity index is 2.36. The summed E-state index contributed by atoms with van der Waals surface area (Å²) in [6, 6.07) is 9.35. The molecule has 2 atom stereocenters. The van der Waals surface area contributed by atoms with Crippen molar-refractivity contribution < 1.29 is 39.4 Å². The molecule has 2 aromatic carbocycles. The quantitative estimate of drug-likeness (QED) is 0.0919. The summed E-state index contributed by atoms with van der Waals surface area (Å²) in [4.78, 5) is 61.2. The maximum Gasteiger partial charge on any atom is 0.360 e. The lowest BCUT2D eigenvalue weighted by molar-refractivity contribution is -0.155. The molecule has 0 aliphatic carbocycles. The van der Waals surface area contributed by atoms with Gasteiger partial charge in [-0.2, -0.15) is 0 Å². The van der Waals surface area contributed by atoms with E-state index in [0.29, 0.717) is 21.7 Å². The zero-order valence-corrected chi connectivity index (χ0v) is 20.3. The summed E-state index contributed by atoms with van der Waals surface area (Å²) in [5.41, 5.74) is 8.73. The standard InChI is InChI=1S/C24H28N6O8/c1-14(31)27-18(12-20(32)33)22(34)30(19(23(35)36)11-15-5-3-2-4-6-15)28-24(37)29(38)13-16-7-9-17(10-8-16)21(25)26/h2-10,18-19,38H,11-13H2,1H3,(H3,25,26)(H,27,31)(H,28,37)(H,32,33)(H,35,36)/t18-,19-/m0/s1. The van der Waals surface area contributed by atoms with E-state index in [2.05, 4.69) is 5.32 Å². The third kappa shape index (κ3) is 8.60. The molecule has 202 valence electrons. The van der Waals surface area contributed by atoms with Gasteiger partial charge >= 0.3 is 18.0 Å². The highest BCUT2D eigenvalue weighted by atomic mass is 16.5. The number of carboxylic acids is 2. The number of amidine groups is 1. The second kappa shape index (κ2) is 13.4. The number of nitrogens with zero attached hydrogens (tertiary/aromatic N) is 2. The Labute approximate surface area is 217 Å². The van der Waals surface area contributed by atoms with Crippen LogP contribution in [0.15, 0.2) is 54.6 Å². The van der Waals surface area contributed by atoms with Gasteiger partial charge in [-0.15, -0.1) is 0 Å². The van der Waals surface area contributed by atoms with Crippen LogP contribution in [0.2, 0.25) is 0 Å². The molecule has 0 bridgehead atoms. The third-order valence-corrected chi connectivity index (χ3v) is 5.21. The first kappa shape index (κ1) is 29.3. The molecule has 0 saturated carbocycles. The zero-order chi connectivity index (χ0) is 28.4. The average Bonchev–Trinajstić information content (AvgIpc) is 2.85. The molecular weight excluding hydrogens is 500 g/mol. The molecule has 0 unspecified atom stereocenters. The number of carbonyl (C=O) groups is 5. The minimum atomic E-state index is -1.73. The van der Waals surface area contributed by atoms with Crippen molar-refractivity contribution in [3.8, 4) is 0 Å². The second-order valence-corrected chi connectivity index (χ2v) is 8.19. The average molecular weight is 529 g/mol. The first-order valence-corrected chi connectivity index (χ1v) is 11.2. The predicted molar refractivity (Wildman–Crippen MR) is 132 cm³/mol. The lowest BCUT2D eigenvalue weighted by Crippen LogP contribution is -2.62. The van der Waals surface area contributed by atoms with Crippen molar-refractivity contribution in [2.45, 2.75) is 38.4 Å². The van der Waals surface area contributed by atoms with Crippen LogP contribution in [0.5, 0.6) is 0 Å². The molecule has 14 nitrogen and oxygen atoms in total. The molecule has 0 spiro atoms. The van der Waals surface area contributed by atoms with E-state index >= 15 is 0 Å². The van der Waals surface area contributed by atoms with E-state index in [1.54, 1.807) is 30.3 Å². The highest BCUT2D eigenvalue weighted by Gasteiger charge is 2.37. The molecule has 2 aromatic rings. The van der Waals surface area contributed by atoms with Gasteiger partial charge in [-0.05, 0) is 11.1 Å². The van der Waals surface area contributed by atoms with Crippen molar-refractivity contribution in [2.24, 2.45) is 5.73 Å². The number of aliphatic carboxylic acids is 2. The van der Waals surface area contributed by atoms with E-state index in [1.807, 2.05) is 5.43 Å². The van der Waals surface area contributed by atoms with Gasteiger partial charge in [-0.3, -0.25) is 25.0 Å². The molecule has 0 radical (unpaired) electrons. The number of carbonyl (C=O) groups excluding carboxylic acids is 3. The normalized spacial score (nSPS) is 11.9. The molecule has 38 heavy (non-hydrogen) atoms. The number of carboxylic acid groups (broad SMARTS) is 2. The van der Waals surface area contributed by atoms with Crippen LogP contribution in [0, 0.1) is 5.41 Å². The fourth-order valence-electron chi connectivity index (χ4n) is 3.40. The number of hydrazine groups is 1. The van der Waals surface area contributed by atoms with Crippen LogP contribution in [0.3, 0.4) is 0 Å². The lowest BCUT2D eigenvalue weighted by atomic mass is 10.0. The monoisotopic (exact) mass is 528 g/mol. The Morgan fingerprint density at radius 1 is 0.974 bits per heavy atom. The number of nitrogens with two attached hydrogens (primary N) is 1. The lowest BCUT2D eigenvalue weighted by Gasteiger charge is -2.33. The molecule has 0 aromatic heterocycles. The van der Waals surface area contributed by atoms with E-state index in [0.717, 1.165) is 6.92 Å². The summed E-state index contributed by atoms with van der Waals surface area (Å²) in [5.74, 6) is -5.17. The molecule has 4 amide bonds. The van der Waals surface area contributed by atoms with Crippen molar-refractivity contribution >= 4 is 35.6 Å². The Kier molecular flexibility index (Phi) is 10.3. The number of nitrogen functional groups attached to an aromatic ring is 1. The first-order chi connectivity index (χ1) is 17.9. The fraction of sp³-hybridized carbons (Fsp3) is 0.250. The summed E-state index contributed by atoms with van der Waals surface area (Å²) in [5, 5.41) is 39.6. The minimum Gasteiger partial charge on any atom is -0.481 e. The van der Waals surface area contributed by atoms with Crippen molar-refractivity contribution in [1.29, 1.82) is 5.41 Å². The van der Waals surface area contributed by atoms with Gasteiger partial charge in [0.25, 0.3) is 5.91 Å². The van der Waals surface area contributed by atoms with E-state index < -0.39 is 54.8 Å². The molecule has 2 rings (SSSR count). The number of hydrogen-bond donors (Lipinski definition) is 7. The Morgan fingerprint density at radius 2 is 1.58 bits per heavy atom. The Morgan fingerprint density at radius 3 is 2.08 bits per heavy atom. The molecule has 0 aliphatic heterocycles. The number of benzene rings is 2. The van der Waals surface area contributed by atoms with Gasteiger partial charge in [0.15, 0.2) is 6.04 Å². The van der Waals surface area contributed by atoms with E-state index in [-0.39, 0.29) is 17.3 Å². The third-order valence-electron chi connectivity index (χ3n) is 5.21. The minimum absolute atomic E-state index is 0.176. The van der Waals surface area contributed by atoms with Gasteiger partial charge in [-0.1, -0.05) is 54.6 Å². The summed E-state index contributed by atoms with van der Waals surface area (Å²) < 4.78 is 0. The van der Waals surface area contributed by atoms with Gasteiger partial charge < -0.3 is 21.3 Å². The van der Waals surface area contributed by atoms with Gasteiger partial charge in [0.2, 0.25) is 5.91 Å². The van der Waals surface area contributed by atoms with Crippen LogP contribution in [0.1, 0.15) is 30.0 Å². The van der Waals surface area contributed by atoms with Crippen LogP contribution in [-0.4, -0.2) is 73.2 Å². The highest BCUT2D eigenvalue weighted by Crippen LogP contribution is 2.13. The predicted octanol–water partition coefficient (Wildman–Crippen LogP) is 0.290. The summed E-state index contributed by atoms with van der Waals surface area (Å²) in [6.45, 7) is 0.642. The Hall–Kier alpha value is -4.98. The maximum atomic E-state index is 13.3. The van der Waals surface area contributed by atoms with E-state index in [1.165, 1.54) is 24.3 Å². The zero-order valence-electron chi connectivity index (χ0n) is 20.3. The highest BCUT2D eigenvalue weighted by molar-refractivity contribution is 5.95. The number of hydroxylamine groups is 2. The molecular formula is C24H28N6O8.